The van der Waals surface area contributed by atoms with Crippen LogP contribution in [0.4, 0.5) is 0 Å². The van der Waals surface area contributed by atoms with Crippen molar-refractivity contribution in [1.29, 1.82) is 0 Å². The van der Waals surface area contributed by atoms with E-state index in [1.54, 1.807) is 11.3 Å². The number of rotatable bonds is 6. The van der Waals surface area contributed by atoms with Crippen LogP contribution in [0.2, 0.25) is 0 Å². The maximum atomic E-state index is 4.73. The molecule has 0 radical (unpaired) electrons. The Labute approximate surface area is 127 Å². The van der Waals surface area contributed by atoms with Crippen molar-refractivity contribution in [2.45, 2.75) is 32.7 Å². The van der Waals surface area contributed by atoms with E-state index in [0.717, 1.165) is 29.6 Å². The Kier molecular flexibility index (Phi) is 5.55. The van der Waals surface area contributed by atoms with Crippen LogP contribution in [-0.2, 0) is 6.42 Å². The van der Waals surface area contributed by atoms with E-state index in [2.05, 4.69) is 58.7 Å². The van der Waals surface area contributed by atoms with Gasteiger partial charge in [-0.25, -0.2) is 4.98 Å². The molecule has 2 rings (SSSR count). The number of halogens is 1. The van der Waals surface area contributed by atoms with Crippen LogP contribution in [0.25, 0.3) is 0 Å². The lowest BCUT2D eigenvalue weighted by Gasteiger charge is -2.09. The second-order valence-electron chi connectivity index (χ2n) is 4.61. The first-order valence-corrected chi connectivity index (χ1v) is 8.29. The number of hydrogen-bond donors (Lipinski definition) is 1. The molecule has 1 unspecified atom stereocenters. The van der Waals surface area contributed by atoms with E-state index in [0.29, 0.717) is 6.04 Å². The second-order valence-corrected chi connectivity index (χ2v) is 6.41. The van der Waals surface area contributed by atoms with Gasteiger partial charge in [-0.1, -0.05) is 41.1 Å². The molecule has 0 bridgehead atoms. The standard InChI is InChI=1S/C15H19BrN2S/c1-3-8-17-11(2)14-10-19-15(18-14)9-12-6-4-5-7-13(12)16/h4-7,10-11,17H,3,8-9H2,1-2H3. The van der Waals surface area contributed by atoms with Gasteiger partial charge < -0.3 is 5.32 Å². The summed E-state index contributed by atoms with van der Waals surface area (Å²) in [5, 5.41) is 6.81. The summed E-state index contributed by atoms with van der Waals surface area (Å²) < 4.78 is 1.16. The minimum atomic E-state index is 0.337. The van der Waals surface area contributed by atoms with Gasteiger partial charge in [0.25, 0.3) is 0 Å². The lowest BCUT2D eigenvalue weighted by atomic mass is 10.2. The average Bonchev–Trinajstić information content (AvgIpc) is 2.87. The number of benzene rings is 1. The van der Waals surface area contributed by atoms with Crippen LogP contribution in [0, 0.1) is 0 Å². The third kappa shape index (κ3) is 4.13. The summed E-state index contributed by atoms with van der Waals surface area (Å²) in [4.78, 5) is 4.73. The molecule has 2 aromatic rings. The molecule has 1 aromatic carbocycles. The van der Waals surface area contributed by atoms with Gasteiger partial charge in [-0.3, -0.25) is 0 Å². The Hall–Kier alpha value is -0.710. The van der Waals surface area contributed by atoms with Crippen LogP contribution in [0.5, 0.6) is 0 Å². The fourth-order valence-corrected chi connectivity index (χ4v) is 3.21. The zero-order chi connectivity index (χ0) is 13.7. The van der Waals surface area contributed by atoms with Gasteiger partial charge >= 0.3 is 0 Å². The Balaban J connectivity index is 2.03. The van der Waals surface area contributed by atoms with Crippen LogP contribution in [-0.4, -0.2) is 11.5 Å². The highest BCUT2D eigenvalue weighted by Crippen LogP contribution is 2.23. The Bertz CT molecular complexity index is 524. The van der Waals surface area contributed by atoms with E-state index < -0.39 is 0 Å². The van der Waals surface area contributed by atoms with Gasteiger partial charge in [0.05, 0.1) is 10.7 Å². The van der Waals surface area contributed by atoms with E-state index in [9.17, 15) is 0 Å². The Morgan fingerprint density at radius 3 is 2.89 bits per heavy atom. The molecule has 102 valence electrons. The number of nitrogens with zero attached hydrogens (tertiary/aromatic N) is 1. The quantitative estimate of drug-likeness (QED) is 0.835. The van der Waals surface area contributed by atoms with Crippen molar-refractivity contribution >= 4 is 27.3 Å². The SMILES string of the molecule is CCCNC(C)c1csc(Cc2ccccc2Br)n1. The first kappa shape index (κ1) is 14.7. The first-order chi connectivity index (χ1) is 9.20. The highest BCUT2D eigenvalue weighted by atomic mass is 79.9. The van der Waals surface area contributed by atoms with E-state index in [1.807, 2.05) is 6.07 Å². The summed E-state index contributed by atoms with van der Waals surface area (Å²) in [6.07, 6.45) is 2.05. The van der Waals surface area contributed by atoms with E-state index in [4.69, 9.17) is 4.98 Å². The molecular weight excluding hydrogens is 320 g/mol. The van der Waals surface area contributed by atoms with E-state index in [1.165, 1.54) is 10.6 Å². The van der Waals surface area contributed by atoms with Crippen LogP contribution in [0.3, 0.4) is 0 Å². The van der Waals surface area contributed by atoms with Crippen molar-refractivity contribution in [3.63, 3.8) is 0 Å². The highest BCUT2D eigenvalue weighted by Gasteiger charge is 2.10. The van der Waals surface area contributed by atoms with Gasteiger partial charge in [0.1, 0.15) is 0 Å². The van der Waals surface area contributed by atoms with Gasteiger partial charge in [0, 0.05) is 22.3 Å². The molecule has 0 saturated heterocycles. The highest BCUT2D eigenvalue weighted by molar-refractivity contribution is 9.10. The maximum absolute atomic E-state index is 4.73. The van der Waals surface area contributed by atoms with Gasteiger partial charge in [0.2, 0.25) is 0 Å². The van der Waals surface area contributed by atoms with Gasteiger partial charge in [-0.2, -0.15) is 0 Å². The molecular formula is C15H19BrN2S. The molecule has 1 atom stereocenters. The fraction of sp³-hybridized carbons (Fsp3) is 0.400. The van der Waals surface area contributed by atoms with Crippen molar-refractivity contribution in [2.75, 3.05) is 6.54 Å². The summed E-state index contributed by atoms with van der Waals surface area (Å²) in [6.45, 7) is 5.39. The topological polar surface area (TPSA) is 24.9 Å². The van der Waals surface area contributed by atoms with E-state index in [-0.39, 0.29) is 0 Å². The van der Waals surface area contributed by atoms with Gasteiger partial charge in [-0.15, -0.1) is 11.3 Å². The van der Waals surface area contributed by atoms with Crippen molar-refractivity contribution in [3.8, 4) is 0 Å². The summed E-state index contributed by atoms with van der Waals surface area (Å²) in [5.41, 5.74) is 2.44. The third-order valence-corrected chi connectivity index (χ3v) is 4.65. The predicted octanol–water partition coefficient (Wildman–Crippen LogP) is 4.56. The maximum Gasteiger partial charge on any atom is 0.0973 e. The Morgan fingerprint density at radius 1 is 1.37 bits per heavy atom. The lowest BCUT2D eigenvalue weighted by Crippen LogP contribution is -2.19. The van der Waals surface area contributed by atoms with Gasteiger partial charge in [0.15, 0.2) is 0 Å². The zero-order valence-electron chi connectivity index (χ0n) is 11.3. The summed E-state index contributed by atoms with van der Waals surface area (Å²) in [7, 11) is 0. The molecule has 0 saturated carbocycles. The molecule has 0 amide bonds. The summed E-state index contributed by atoms with van der Waals surface area (Å²) in [6, 6.07) is 8.67. The smallest absolute Gasteiger partial charge is 0.0973 e. The molecule has 0 spiro atoms. The minimum absolute atomic E-state index is 0.337. The van der Waals surface area contributed by atoms with Crippen LogP contribution in [0.1, 0.15) is 42.6 Å². The van der Waals surface area contributed by atoms with Crippen molar-refractivity contribution in [2.24, 2.45) is 0 Å². The monoisotopic (exact) mass is 338 g/mol. The normalized spacial score (nSPS) is 12.6. The zero-order valence-corrected chi connectivity index (χ0v) is 13.7. The molecule has 0 fully saturated rings. The van der Waals surface area contributed by atoms with Gasteiger partial charge in [-0.05, 0) is 31.5 Å². The summed E-state index contributed by atoms with van der Waals surface area (Å²) in [5.74, 6) is 0. The van der Waals surface area contributed by atoms with Crippen molar-refractivity contribution in [3.05, 3.63) is 50.4 Å². The molecule has 2 nitrogen and oxygen atoms in total. The molecule has 0 aliphatic carbocycles. The lowest BCUT2D eigenvalue weighted by molar-refractivity contribution is 0.560. The average molecular weight is 339 g/mol. The minimum Gasteiger partial charge on any atom is -0.309 e. The Morgan fingerprint density at radius 2 is 2.16 bits per heavy atom. The predicted molar refractivity (Wildman–Crippen MR) is 85.8 cm³/mol. The third-order valence-electron chi connectivity index (χ3n) is 3.01. The fourth-order valence-electron chi connectivity index (χ4n) is 1.88. The largest absolute Gasteiger partial charge is 0.309 e. The molecule has 1 aromatic heterocycles. The number of thiazole rings is 1. The molecule has 1 N–H and O–H groups in total. The second kappa shape index (κ2) is 7.17. The number of hydrogen-bond acceptors (Lipinski definition) is 3. The summed E-state index contributed by atoms with van der Waals surface area (Å²) >= 11 is 5.33. The van der Waals surface area contributed by atoms with Crippen molar-refractivity contribution in [1.82, 2.24) is 10.3 Å². The molecule has 1 heterocycles. The number of aromatic nitrogens is 1. The molecule has 0 aliphatic heterocycles. The molecule has 19 heavy (non-hydrogen) atoms. The van der Waals surface area contributed by atoms with Crippen LogP contribution < -0.4 is 5.32 Å². The van der Waals surface area contributed by atoms with E-state index >= 15 is 0 Å². The van der Waals surface area contributed by atoms with Crippen molar-refractivity contribution < 1.29 is 0 Å². The van der Waals surface area contributed by atoms with Crippen LogP contribution in [0.15, 0.2) is 34.1 Å². The molecule has 0 aliphatic rings. The first-order valence-electron chi connectivity index (χ1n) is 6.61. The van der Waals surface area contributed by atoms with Crippen LogP contribution >= 0.6 is 27.3 Å². The number of nitrogens with one attached hydrogen (secondary N) is 1. The molecule has 4 heteroatoms.